The molecule has 1 aliphatic heterocycles. The molecule has 3 nitrogen and oxygen atoms in total. The molecule has 0 aromatic rings. The maximum absolute atomic E-state index is 10.1. The zero-order valence-electron chi connectivity index (χ0n) is 6.90. The van der Waals surface area contributed by atoms with E-state index in [1.54, 1.807) is 5.41 Å². The largest absolute Gasteiger partial charge is 0.478 e. The molecule has 0 spiro atoms. The Labute approximate surface area is 75.8 Å². The molecule has 1 heterocycles. The van der Waals surface area contributed by atoms with Gasteiger partial charge in [-0.15, -0.1) is 11.8 Å². The summed E-state index contributed by atoms with van der Waals surface area (Å²) in [6, 6.07) is 0. The number of carboxylic acid groups (broad SMARTS) is 1. The second kappa shape index (κ2) is 4.52. The van der Waals surface area contributed by atoms with Gasteiger partial charge in [0.15, 0.2) is 0 Å². The zero-order chi connectivity index (χ0) is 8.97. The number of carbonyl (C=O) groups is 1. The number of carboxylic acids is 1. The predicted octanol–water partition coefficient (Wildman–Crippen LogP) is 1.50. The van der Waals surface area contributed by atoms with Gasteiger partial charge in [0.1, 0.15) is 0 Å². The summed E-state index contributed by atoms with van der Waals surface area (Å²) in [6.45, 7) is 2.80. The van der Waals surface area contributed by atoms with Crippen LogP contribution in [0.3, 0.4) is 0 Å². The molecular weight excluding hydrogens is 176 g/mol. The first kappa shape index (κ1) is 9.61. The minimum Gasteiger partial charge on any atom is -0.478 e. The minimum atomic E-state index is -0.894. The van der Waals surface area contributed by atoms with Crippen LogP contribution in [0.15, 0.2) is 11.5 Å². The summed E-state index contributed by atoms with van der Waals surface area (Å²) in [4.78, 5) is 10.1. The maximum atomic E-state index is 10.1. The molecule has 1 aliphatic rings. The maximum Gasteiger partial charge on any atom is 0.328 e. The number of thioether (sulfide) groups is 1. The third-order valence-corrected chi connectivity index (χ3v) is 3.03. The summed E-state index contributed by atoms with van der Waals surface area (Å²) in [5, 5.41) is 10.4. The van der Waals surface area contributed by atoms with Crippen molar-refractivity contribution < 1.29 is 14.6 Å². The molecule has 1 rings (SSSR count). The van der Waals surface area contributed by atoms with Crippen molar-refractivity contribution in [2.45, 2.75) is 24.7 Å². The van der Waals surface area contributed by atoms with E-state index in [0.29, 0.717) is 5.25 Å². The van der Waals surface area contributed by atoms with Crippen LogP contribution in [0.2, 0.25) is 0 Å². The zero-order valence-corrected chi connectivity index (χ0v) is 7.71. The highest BCUT2D eigenvalue weighted by Gasteiger charge is 2.23. The molecule has 1 saturated heterocycles. The molecule has 0 aromatic heterocycles. The Morgan fingerprint density at radius 1 is 1.75 bits per heavy atom. The molecule has 2 unspecified atom stereocenters. The average molecular weight is 188 g/mol. The molecule has 4 heteroatoms. The van der Waals surface area contributed by atoms with Crippen LogP contribution in [0.25, 0.3) is 0 Å². The lowest BCUT2D eigenvalue weighted by Gasteiger charge is -2.09. The van der Waals surface area contributed by atoms with Crippen LogP contribution >= 0.6 is 11.8 Å². The Hall–Kier alpha value is -0.480. The summed E-state index contributed by atoms with van der Waals surface area (Å²) >= 11 is 1.53. The standard InChI is InChI=1S/C8H12O3S/c1-6-7(2-4-11-6)12-5-3-8(9)10/h3,5-7H,2,4H2,1H3,(H,9,10)/b5-3+. The molecule has 68 valence electrons. The summed E-state index contributed by atoms with van der Waals surface area (Å²) in [6.07, 6.45) is 2.42. The Balaban J connectivity index is 2.26. The van der Waals surface area contributed by atoms with Crippen LogP contribution in [0.5, 0.6) is 0 Å². The number of hydrogen-bond donors (Lipinski definition) is 1. The van der Waals surface area contributed by atoms with Gasteiger partial charge < -0.3 is 9.84 Å². The van der Waals surface area contributed by atoms with Crippen molar-refractivity contribution in [1.29, 1.82) is 0 Å². The molecule has 12 heavy (non-hydrogen) atoms. The van der Waals surface area contributed by atoms with E-state index in [4.69, 9.17) is 9.84 Å². The summed E-state index contributed by atoms with van der Waals surface area (Å²) in [5.74, 6) is -0.894. The predicted molar refractivity (Wildman–Crippen MR) is 48.2 cm³/mol. The van der Waals surface area contributed by atoms with Gasteiger partial charge in [-0.2, -0.15) is 0 Å². The molecule has 2 atom stereocenters. The summed E-state index contributed by atoms with van der Waals surface area (Å²) in [7, 11) is 0. The van der Waals surface area contributed by atoms with E-state index in [1.807, 2.05) is 6.92 Å². The van der Waals surface area contributed by atoms with Gasteiger partial charge in [0.2, 0.25) is 0 Å². The van der Waals surface area contributed by atoms with Gasteiger partial charge in [-0.3, -0.25) is 0 Å². The van der Waals surface area contributed by atoms with Gasteiger partial charge in [0.25, 0.3) is 0 Å². The van der Waals surface area contributed by atoms with E-state index >= 15 is 0 Å². The molecule has 0 aromatic carbocycles. The third kappa shape index (κ3) is 2.87. The van der Waals surface area contributed by atoms with Crippen molar-refractivity contribution in [3.63, 3.8) is 0 Å². The van der Waals surface area contributed by atoms with Crippen LogP contribution in [-0.2, 0) is 9.53 Å². The molecule has 1 fully saturated rings. The van der Waals surface area contributed by atoms with Crippen LogP contribution < -0.4 is 0 Å². The van der Waals surface area contributed by atoms with Crippen molar-refractivity contribution in [2.75, 3.05) is 6.61 Å². The lowest BCUT2D eigenvalue weighted by molar-refractivity contribution is -0.131. The first-order valence-electron chi connectivity index (χ1n) is 3.86. The fraction of sp³-hybridized carbons (Fsp3) is 0.625. The number of hydrogen-bond acceptors (Lipinski definition) is 3. The van der Waals surface area contributed by atoms with Gasteiger partial charge in [-0.05, 0) is 18.8 Å². The Morgan fingerprint density at radius 3 is 3.00 bits per heavy atom. The molecule has 0 saturated carbocycles. The molecule has 0 radical (unpaired) electrons. The lowest BCUT2D eigenvalue weighted by Crippen LogP contribution is -2.12. The van der Waals surface area contributed by atoms with Crippen LogP contribution in [0.1, 0.15) is 13.3 Å². The van der Waals surface area contributed by atoms with Gasteiger partial charge in [0.05, 0.1) is 6.10 Å². The first-order valence-corrected chi connectivity index (χ1v) is 4.81. The molecule has 1 N–H and O–H groups in total. The van der Waals surface area contributed by atoms with Crippen molar-refractivity contribution >= 4 is 17.7 Å². The highest BCUT2D eigenvalue weighted by molar-refractivity contribution is 8.02. The van der Waals surface area contributed by atoms with Crippen molar-refractivity contribution in [3.05, 3.63) is 11.5 Å². The monoisotopic (exact) mass is 188 g/mol. The Kier molecular flexibility index (Phi) is 3.62. The third-order valence-electron chi connectivity index (χ3n) is 1.77. The number of aliphatic carboxylic acids is 1. The Bertz CT molecular complexity index is 191. The highest BCUT2D eigenvalue weighted by atomic mass is 32.2. The van der Waals surface area contributed by atoms with Gasteiger partial charge in [-0.25, -0.2) is 4.79 Å². The van der Waals surface area contributed by atoms with Crippen molar-refractivity contribution in [1.82, 2.24) is 0 Å². The lowest BCUT2D eigenvalue weighted by atomic mass is 10.3. The van der Waals surface area contributed by atoms with Gasteiger partial charge in [-0.1, -0.05) is 0 Å². The van der Waals surface area contributed by atoms with Crippen molar-refractivity contribution in [2.24, 2.45) is 0 Å². The quantitative estimate of drug-likeness (QED) is 0.682. The van der Waals surface area contributed by atoms with E-state index in [9.17, 15) is 4.79 Å². The molecule has 0 amide bonds. The summed E-state index contributed by atoms with van der Waals surface area (Å²) in [5.41, 5.74) is 0. The van der Waals surface area contributed by atoms with Gasteiger partial charge in [0, 0.05) is 17.9 Å². The minimum absolute atomic E-state index is 0.244. The second-order valence-electron chi connectivity index (χ2n) is 2.68. The highest BCUT2D eigenvalue weighted by Crippen LogP contribution is 2.26. The fourth-order valence-corrected chi connectivity index (χ4v) is 2.02. The van der Waals surface area contributed by atoms with E-state index in [-0.39, 0.29) is 6.10 Å². The average Bonchev–Trinajstić information content (AvgIpc) is 2.36. The molecular formula is C8H12O3S. The Morgan fingerprint density at radius 2 is 2.50 bits per heavy atom. The molecule has 0 aliphatic carbocycles. The van der Waals surface area contributed by atoms with E-state index < -0.39 is 5.97 Å². The van der Waals surface area contributed by atoms with Crippen LogP contribution in [-0.4, -0.2) is 29.0 Å². The second-order valence-corrected chi connectivity index (χ2v) is 3.83. The SMILES string of the molecule is CC1OCCC1S/C=C/C(=O)O. The normalized spacial score (nSPS) is 29.8. The van der Waals surface area contributed by atoms with Crippen molar-refractivity contribution in [3.8, 4) is 0 Å². The fourth-order valence-electron chi connectivity index (χ4n) is 1.09. The summed E-state index contributed by atoms with van der Waals surface area (Å²) < 4.78 is 5.32. The number of ether oxygens (including phenoxy) is 1. The molecule has 0 bridgehead atoms. The first-order chi connectivity index (χ1) is 5.70. The number of rotatable bonds is 3. The van der Waals surface area contributed by atoms with Crippen LogP contribution in [0.4, 0.5) is 0 Å². The van der Waals surface area contributed by atoms with E-state index in [2.05, 4.69) is 0 Å². The van der Waals surface area contributed by atoms with Crippen LogP contribution in [0, 0.1) is 0 Å². The van der Waals surface area contributed by atoms with E-state index in [0.717, 1.165) is 19.1 Å². The topological polar surface area (TPSA) is 46.5 Å². The van der Waals surface area contributed by atoms with Gasteiger partial charge >= 0.3 is 5.97 Å². The van der Waals surface area contributed by atoms with E-state index in [1.165, 1.54) is 11.8 Å². The smallest absolute Gasteiger partial charge is 0.328 e.